The van der Waals surface area contributed by atoms with E-state index in [1.165, 1.54) is 0 Å². The third-order valence-corrected chi connectivity index (χ3v) is 3.63. The number of aromatic nitrogens is 4. The summed E-state index contributed by atoms with van der Waals surface area (Å²) in [5.41, 5.74) is 1.79. The maximum atomic E-state index is 4.58. The quantitative estimate of drug-likeness (QED) is 0.708. The standard InChI is InChI=1S/C15H19N6P/c1-3-7-16-15-19-13(12-9-17-21(2)14(12)20-15)18-10-5-4-6-11(22)8-10/h4-6,8-9H,3,7,22H2,1-2H3,(H2,16,18,19,20). The Hall–Kier alpha value is -2.20. The van der Waals surface area contributed by atoms with Crippen LogP contribution in [0.5, 0.6) is 0 Å². The van der Waals surface area contributed by atoms with Gasteiger partial charge >= 0.3 is 0 Å². The molecule has 6 nitrogen and oxygen atoms in total. The molecule has 3 rings (SSSR count). The minimum absolute atomic E-state index is 0.613. The fraction of sp³-hybridized carbons (Fsp3) is 0.267. The van der Waals surface area contributed by atoms with Crippen LogP contribution in [0.3, 0.4) is 0 Å². The van der Waals surface area contributed by atoms with E-state index in [1.54, 1.807) is 10.9 Å². The molecule has 114 valence electrons. The average molecular weight is 314 g/mol. The van der Waals surface area contributed by atoms with Crippen LogP contribution in [0.1, 0.15) is 13.3 Å². The van der Waals surface area contributed by atoms with Crippen molar-refractivity contribution < 1.29 is 0 Å². The highest BCUT2D eigenvalue weighted by Gasteiger charge is 2.11. The SMILES string of the molecule is CCCNc1nc(Nc2cccc(P)c2)c2cnn(C)c2n1. The highest BCUT2D eigenvalue weighted by atomic mass is 31.0. The molecule has 0 fully saturated rings. The predicted molar refractivity (Wildman–Crippen MR) is 94.2 cm³/mol. The Kier molecular flexibility index (Phi) is 4.20. The molecule has 1 aromatic carbocycles. The maximum absolute atomic E-state index is 4.58. The lowest BCUT2D eigenvalue weighted by atomic mass is 10.3. The van der Waals surface area contributed by atoms with E-state index in [9.17, 15) is 0 Å². The molecule has 0 radical (unpaired) electrons. The molecule has 0 aliphatic heterocycles. The molecule has 0 amide bonds. The number of hydrogen-bond acceptors (Lipinski definition) is 5. The number of nitrogens with one attached hydrogen (secondary N) is 2. The van der Waals surface area contributed by atoms with E-state index in [-0.39, 0.29) is 0 Å². The van der Waals surface area contributed by atoms with Crippen LogP contribution in [0.4, 0.5) is 17.5 Å². The second kappa shape index (κ2) is 6.28. The van der Waals surface area contributed by atoms with Crippen molar-refractivity contribution in [2.24, 2.45) is 7.05 Å². The molecule has 0 saturated heterocycles. The van der Waals surface area contributed by atoms with Gasteiger partial charge in [0.05, 0.1) is 11.6 Å². The highest BCUT2D eigenvalue weighted by Crippen LogP contribution is 2.24. The number of hydrogen-bond donors (Lipinski definition) is 2. The van der Waals surface area contributed by atoms with Crippen LogP contribution in [0.2, 0.25) is 0 Å². The van der Waals surface area contributed by atoms with E-state index in [1.807, 2.05) is 31.3 Å². The number of anilines is 3. The molecular formula is C15H19N6P. The molecule has 2 heterocycles. The van der Waals surface area contributed by atoms with Gasteiger partial charge in [0.1, 0.15) is 5.82 Å². The van der Waals surface area contributed by atoms with E-state index in [0.29, 0.717) is 5.95 Å². The third-order valence-electron chi connectivity index (χ3n) is 3.27. The molecule has 0 aliphatic carbocycles. The van der Waals surface area contributed by atoms with Crippen molar-refractivity contribution in [3.8, 4) is 0 Å². The second-order valence-electron chi connectivity index (χ2n) is 5.08. The first kappa shape index (κ1) is 14.7. The van der Waals surface area contributed by atoms with Gasteiger partial charge in [-0.1, -0.05) is 19.1 Å². The Morgan fingerprint density at radius 2 is 2.14 bits per heavy atom. The minimum Gasteiger partial charge on any atom is -0.354 e. The van der Waals surface area contributed by atoms with E-state index >= 15 is 0 Å². The van der Waals surface area contributed by atoms with Gasteiger partial charge in [-0.3, -0.25) is 4.68 Å². The Morgan fingerprint density at radius 3 is 2.91 bits per heavy atom. The van der Waals surface area contributed by atoms with Gasteiger partial charge in [-0.25, -0.2) is 0 Å². The van der Waals surface area contributed by atoms with Crippen LogP contribution < -0.4 is 15.9 Å². The molecule has 0 aliphatic rings. The summed E-state index contributed by atoms with van der Waals surface area (Å²) in [4.78, 5) is 9.11. The summed E-state index contributed by atoms with van der Waals surface area (Å²) in [6.07, 6.45) is 2.80. The maximum Gasteiger partial charge on any atom is 0.226 e. The van der Waals surface area contributed by atoms with Crippen molar-refractivity contribution >= 4 is 43.0 Å². The summed E-state index contributed by atoms with van der Waals surface area (Å²) in [6.45, 7) is 2.95. The van der Waals surface area contributed by atoms with Gasteiger partial charge in [-0.15, -0.1) is 9.24 Å². The third kappa shape index (κ3) is 3.02. The lowest BCUT2D eigenvalue weighted by molar-refractivity contribution is 0.785. The largest absolute Gasteiger partial charge is 0.354 e. The molecule has 3 aromatic rings. The van der Waals surface area contributed by atoms with Crippen LogP contribution in [-0.2, 0) is 7.05 Å². The topological polar surface area (TPSA) is 67.7 Å². The van der Waals surface area contributed by atoms with Gasteiger partial charge in [-0.2, -0.15) is 15.1 Å². The van der Waals surface area contributed by atoms with Crippen LogP contribution in [0.15, 0.2) is 30.5 Å². The fourth-order valence-electron chi connectivity index (χ4n) is 2.19. The predicted octanol–water partition coefficient (Wildman–Crippen LogP) is 2.43. The number of aryl methyl sites for hydroxylation is 1. The average Bonchev–Trinajstić information content (AvgIpc) is 2.87. The summed E-state index contributed by atoms with van der Waals surface area (Å²) in [7, 11) is 4.58. The Morgan fingerprint density at radius 1 is 1.27 bits per heavy atom. The zero-order valence-corrected chi connectivity index (χ0v) is 13.8. The molecule has 0 saturated carbocycles. The van der Waals surface area contributed by atoms with Gasteiger partial charge in [0.15, 0.2) is 5.65 Å². The molecule has 22 heavy (non-hydrogen) atoms. The Labute approximate surface area is 131 Å². The van der Waals surface area contributed by atoms with Crippen molar-refractivity contribution in [2.75, 3.05) is 17.2 Å². The molecule has 0 spiro atoms. The van der Waals surface area contributed by atoms with E-state index < -0.39 is 0 Å². The molecule has 7 heteroatoms. The van der Waals surface area contributed by atoms with Gasteiger partial charge < -0.3 is 10.6 Å². The van der Waals surface area contributed by atoms with E-state index in [0.717, 1.165) is 40.8 Å². The summed E-state index contributed by atoms with van der Waals surface area (Å²) in [6, 6.07) is 8.09. The van der Waals surface area contributed by atoms with Crippen molar-refractivity contribution in [1.82, 2.24) is 19.7 Å². The normalized spacial score (nSPS) is 10.9. The van der Waals surface area contributed by atoms with Crippen molar-refractivity contribution in [3.63, 3.8) is 0 Å². The van der Waals surface area contributed by atoms with E-state index in [4.69, 9.17) is 0 Å². The highest BCUT2D eigenvalue weighted by molar-refractivity contribution is 7.27. The number of nitrogens with zero attached hydrogens (tertiary/aromatic N) is 4. The van der Waals surface area contributed by atoms with Gasteiger partial charge in [0.2, 0.25) is 5.95 Å². The monoisotopic (exact) mass is 314 g/mol. The molecule has 1 unspecified atom stereocenters. The lowest BCUT2D eigenvalue weighted by Gasteiger charge is -2.10. The Bertz CT molecular complexity index is 798. The lowest BCUT2D eigenvalue weighted by Crippen LogP contribution is -2.07. The van der Waals surface area contributed by atoms with Gasteiger partial charge in [0.25, 0.3) is 0 Å². The Balaban J connectivity index is 2.02. The molecular weight excluding hydrogens is 295 g/mol. The number of rotatable bonds is 5. The zero-order valence-electron chi connectivity index (χ0n) is 12.7. The molecule has 1 atom stereocenters. The fourth-order valence-corrected chi connectivity index (χ4v) is 2.48. The summed E-state index contributed by atoms with van der Waals surface area (Å²) in [5, 5.41) is 12.9. The smallest absolute Gasteiger partial charge is 0.226 e. The molecule has 0 bridgehead atoms. The first-order valence-electron chi connectivity index (χ1n) is 7.23. The number of fused-ring (bicyclic) bond motifs is 1. The zero-order chi connectivity index (χ0) is 15.5. The second-order valence-corrected chi connectivity index (χ2v) is 5.75. The summed E-state index contributed by atoms with van der Waals surface area (Å²) < 4.78 is 1.76. The van der Waals surface area contributed by atoms with Crippen LogP contribution in [0, 0.1) is 0 Å². The van der Waals surface area contributed by atoms with Crippen LogP contribution in [0.25, 0.3) is 11.0 Å². The van der Waals surface area contributed by atoms with Crippen LogP contribution >= 0.6 is 9.24 Å². The molecule has 2 N–H and O–H groups in total. The van der Waals surface area contributed by atoms with E-state index in [2.05, 4.69) is 41.9 Å². The number of benzene rings is 1. The minimum atomic E-state index is 0.613. The first-order chi connectivity index (χ1) is 10.7. The van der Waals surface area contributed by atoms with Crippen molar-refractivity contribution in [3.05, 3.63) is 30.5 Å². The van der Waals surface area contributed by atoms with Gasteiger partial charge in [-0.05, 0) is 23.9 Å². The van der Waals surface area contributed by atoms with Crippen molar-refractivity contribution in [2.45, 2.75) is 13.3 Å². The van der Waals surface area contributed by atoms with Gasteiger partial charge in [0, 0.05) is 19.3 Å². The van der Waals surface area contributed by atoms with Crippen molar-refractivity contribution in [1.29, 1.82) is 0 Å². The van der Waals surface area contributed by atoms with Crippen LogP contribution in [-0.4, -0.2) is 26.3 Å². The summed E-state index contributed by atoms with van der Waals surface area (Å²) >= 11 is 0. The first-order valence-corrected chi connectivity index (χ1v) is 7.81. The molecule has 2 aromatic heterocycles. The summed E-state index contributed by atoms with van der Waals surface area (Å²) in [5.74, 6) is 1.37.